The van der Waals surface area contributed by atoms with Gasteiger partial charge in [0.1, 0.15) is 11.6 Å². The van der Waals surface area contributed by atoms with Crippen LogP contribution in [0.3, 0.4) is 0 Å². The van der Waals surface area contributed by atoms with Gasteiger partial charge in [-0.1, -0.05) is 59.8 Å². The van der Waals surface area contributed by atoms with Gasteiger partial charge >= 0.3 is 0 Å². The summed E-state index contributed by atoms with van der Waals surface area (Å²) in [5, 5.41) is 9.00. The van der Waals surface area contributed by atoms with Crippen molar-refractivity contribution >= 4 is 21.6 Å². The van der Waals surface area contributed by atoms with E-state index in [4.69, 9.17) is 0 Å². The standard InChI is InChI=1S/C20H23N3O2S2/c1-16-10-12-18(13-11-16)27(24,25)15-19-21-22-20(23(19)2)26-14-6-9-17-7-4-3-5-8-17/h3-5,7-8,10-13H,6,9,14-15H2,1-2H3. The zero-order valence-electron chi connectivity index (χ0n) is 15.5. The zero-order valence-corrected chi connectivity index (χ0v) is 17.1. The first-order chi connectivity index (χ1) is 13.0. The molecule has 0 bridgehead atoms. The molecule has 7 heteroatoms. The van der Waals surface area contributed by atoms with Gasteiger partial charge < -0.3 is 4.57 Å². The molecule has 0 N–H and O–H groups in total. The van der Waals surface area contributed by atoms with E-state index in [9.17, 15) is 8.42 Å². The molecule has 0 fully saturated rings. The Morgan fingerprint density at radius 1 is 1.00 bits per heavy atom. The summed E-state index contributed by atoms with van der Waals surface area (Å²) < 4.78 is 27.0. The number of hydrogen-bond donors (Lipinski definition) is 0. The quantitative estimate of drug-likeness (QED) is 0.424. The largest absolute Gasteiger partial charge is 0.308 e. The Morgan fingerprint density at radius 2 is 1.70 bits per heavy atom. The van der Waals surface area contributed by atoms with E-state index in [1.807, 2.05) is 32.2 Å². The fraction of sp³-hybridized carbons (Fsp3) is 0.300. The van der Waals surface area contributed by atoms with Crippen molar-refractivity contribution in [3.63, 3.8) is 0 Å². The molecule has 2 aromatic carbocycles. The average Bonchev–Trinajstić information content (AvgIpc) is 2.99. The van der Waals surface area contributed by atoms with Crippen molar-refractivity contribution in [2.45, 2.75) is 35.6 Å². The van der Waals surface area contributed by atoms with Crippen molar-refractivity contribution in [3.05, 3.63) is 71.5 Å². The Balaban J connectivity index is 1.59. The van der Waals surface area contributed by atoms with Crippen LogP contribution in [0, 0.1) is 6.92 Å². The van der Waals surface area contributed by atoms with Crippen molar-refractivity contribution in [2.24, 2.45) is 7.05 Å². The Kier molecular flexibility index (Phi) is 6.34. The maximum atomic E-state index is 12.6. The number of hydrogen-bond acceptors (Lipinski definition) is 5. The van der Waals surface area contributed by atoms with Gasteiger partial charge in [-0.15, -0.1) is 10.2 Å². The van der Waals surface area contributed by atoms with Crippen LogP contribution in [0.25, 0.3) is 0 Å². The number of thioether (sulfide) groups is 1. The lowest BCUT2D eigenvalue weighted by Crippen LogP contribution is -2.09. The van der Waals surface area contributed by atoms with E-state index in [2.05, 4.69) is 22.3 Å². The summed E-state index contributed by atoms with van der Waals surface area (Å²) in [6.45, 7) is 1.93. The van der Waals surface area contributed by atoms with Crippen LogP contribution >= 0.6 is 11.8 Å². The number of nitrogens with zero attached hydrogens (tertiary/aromatic N) is 3. The van der Waals surface area contributed by atoms with Crippen molar-refractivity contribution in [1.29, 1.82) is 0 Å². The highest BCUT2D eigenvalue weighted by Gasteiger charge is 2.20. The molecule has 0 radical (unpaired) electrons. The first-order valence-corrected chi connectivity index (χ1v) is 11.4. The molecule has 0 saturated carbocycles. The molecule has 0 unspecified atom stereocenters. The van der Waals surface area contributed by atoms with Gasteiger partial charge in [0.15, 0.2) is 15.0 Å². The second-order valence-corrected chi connectivity index (χ2v) is 9.52. The third-order valence-corrected chi connectivity index (χ3v) is 7.04. The van der Waals surface area contributed by atoms with E-state index in [0.717, 1.165) is 29.3 Å². The predicted octanol–water partition coefficient (Wildman–Crippen LogP) is 3.82. The number of rotatable bonds is 8. The van der Waals surface area contributed by atoms with Gasteiger partial charge in [-0.25, -0.2) is 8.42 Å². The van der Waals surface area contributed by atoms with Crippen LogP contribution in [0.15, 0.2) is 64.6 Å². The Morgan fingerprint density at radius 3 is 2.41 bits per heavy atom. The summed E-state index contributed by atoms with van der Waals surface area (Å²) in [5.41, 5.74) is 2.35. The molecule has 0 saturated heterocycles. The first kappa shape index (κ1) is 19.6. The van der Waals surface area contributed by atoms with E-state index in [-0.39, 0.29) is 5.75 Å². The van der Waals surface area contributed by atoms with Crippen LogP contribution < -0.4 is 0 Å². The third-order valence-electron chi connectivity index (χ3n) is 4.31. The maximum Gasteiger partial charge on any atom is 0.190 e. The minimum absolute atomic E-state index is 0.149. The van der Waals surface area contributed by atoms with Crippen LogP contribution in [0.1, 0.15) is 23.4 Å². The summed E-state index contributed by atoms with van der Waals surface area (Å²) in [7, 11) is -1.61. The van der Waals surface area contributed by atoms with Gasteiger partial charge in [-0.05, 0) is 37.5 Å². The summed E-state index contributed by atoms with van der Waals surface area (Å²) in [5.74, 6) is 1.22. The Labute approximate surface area is 164 Å². The highest BCUT2D eigenvalue weighted by atomic mass is 32.2. The minimum Gasteiger partial charge on any atom is -0.308 e. The summed E-state index contributed by atoms with van der Waals surface area (Å²) in [6.07, 6.45) is 2.04. The number of sulfone groups is 1. The van der Waals surface area contributed by atoms with Crippen LogP contribution in [0.4, 0.5) is 0 Å². The molecule has 0 atom stereocenters. The lowest BCUT2D eigenvalue weighted by molar-refractivity contribution is 0.591. The number of aryl methyl sites for hydroxylation is 2. The first-order valence-electron chi connectivity index (χ1n) is 8.80. The second kappa shape index (κ2) is 8.71. The van der Waals surface area contributed by atoms with E-state index >= 15 is 0 Å². The smallest absolute Gasteiger partial charge is 0.190 e. The average molecular weight is 402 g/mol. The van der Waals surface area contributed by atoms with Gasteiger partial charge in [0.25, 0.3) is 0 Å². The Hall–Kier alpha value is -2.12. The molecule has 0 amide bonds. The molecule has 5 nitrogen and oxygen atoms in total. The monoisotopic (exact) mass is 401 g/mol. The van der Waals surface area contributed by atoms with Gasteiger partial charge in [0, 0.05) is 12.8 Å². The molecule has 0 aliphatic rings. The van der Waals surface area contributed by atoms with Crippen LogP contribution in [-0.4, -0.2) is 28.9 Å². The molecule has 142 valence electrons. The lowest BCUT2D eigenvalue weighted by atomic mass is 10.1. The molecule has 3 aromatic rings. The van der Waals surface area contributed by atoms with Crippen molar-refractivity contribution in [1.82, 2.24) is 14.8 Å². The fourth-order valence-electron chi connectivity index (χ4n) is 2.68. The van der Waals surface area contributed by atoms with E-state index in [0.29, 0.717) is 10.7 Å². The van der Waals surface area contributed by atoms with Crippen LogP contribution in [-0.2, 0) is 29.1 Å². The van der Waals surface area contributed by atoms with Gasteiger partial charge in [-0.2, -0.15) is 0 Å². The fourth-order valence-corrected chi connectivity index (χ4v) is 4.86. The third kappa shape index (κ3) is 5.20. The van der Waals surface area contributed by atoms with Crippen LogP contribution in [0.5, 0.6) is 0 Å². The van der Waals surface area contributed by atoms with E-state index < -0.39 is 9.84 Å². The van der Waals surface area contributed by atoms with Crippen molar-refractivity contribution < 1.29 is 8.42 Å². The SMILES string of the molecule is Cc1ccc(S(=O)(=O)Cc2nnc(SCCCc3ccccc3)n2C)cc1. The van der Waals surface area contributed by atoms with Crippen LogP contribution in [0.2, 0.25) is 0 Å². The molecule has 0 aliphatic carbocycles. The summed E-state index contributed by atoms with van der Waals surface area (Å²) in [6, 6.07) is 17.2. The minimum atomic E-state index is -3.43. The summed E-state index contributed by atoms with van der Waals surface area (Å²) >= 11 is 1.61. The lowest BCUT2D eigenvalue weighted by Gasteiger charge is -2.06. The van der Waals surface area contributed by atoms with Gasteiger partial charge in [-0.3, -0.25) is 0 Å². The predicted molar refractivity (Wildman–Crippen MR) is 109 cm³/mol. The molecule has 3 rings (SSSR count). The summed E-state index contributed by atoms with van der Waals surface area (Å²) in [4.78, 5) is 0.313. The molecule has 0 aliphatic heterocycles. The number of aromatic nitrogens is 3. The normalized spacial score (nSPS) is 11.6. The molecule has 27 heavy (non-hydrogen) atoms. The highest BCUT2D eigenvalue weighted by Crippen LogP contribution is 2.21. The van der Waals surface area contributed by atoms with E-state index in [1.54, 1.807) is 40.6 Å². The van der Waals surface area contributed by atoms with E-state index in [1.165, 1.54) is 5.56 Å². The second-order valence-electron chi connectivity index (χ2n) is 6.47. The Bertz CT molecular complexity index is 982. The highest BCUT2D eigenvalue weighted by molar-refractivity contribution is 7.99. The van der Waals surface area contributed by atoms with Crippen molar-refractivity contribution in [3.8, 4) is 0 Å². The van der Waals surface area contributed by atoms with Crippen molar-refractivity contribution in [2.75, 3.05) is 5.75 Å². The van der Waals surface area contributed by atoms with Gasteiger partial charge in [0.2, 0.25) is 0 Å². The van der Waals surface area contributed by atoms with Gasteiger partial charge in [0.05, 0.1) is 4.90 Å². The zero-order chi connectivity index (χ0) is 19.3. The molecule has 1 aromatic heterocycles. The molecular formula is C20H23N3O2S2. The maximum absolute atomic E-state index is 12.6. The molecule has 0 spiro atoms. The number of benzene rings is 2. The topological polar surface area (TPSA) is 64.8 Å². The molecule has 1 heterocycles. The molecular weight excluding hydrogens is 378 g/mol.